The van der Waals surface area contributed by atoms with Gasteiger partial charge in [0.05, 0.1) is 5.52 Å². The Morgan fingerprint density at radius 2 is 2.00 bits per heavy atom. The minimum atomic E-state index is -0.309. The van der Waals surface area contributed by atoms with Crippen molar-refractivity contribution in [3.8, 4) is 16.9 Å². The first-order chi connectivity index (χ1) is 11.7. The number of pyridine rings is 1. The molecule has 1 atom stereocenters. The molecule has 0 bridgehead atoms. The van der Waals surface area contributed by atoms with E-state index < -0.39 is 0 Å². The molecule has 1 aliphatic rings. The zero-order chi connectivity index (χ0) is 16.7. The number of benzene rings is 2. The molecule has 0 radical (unpaired) electrons. The summed E-state index contributed by atoms with van der Waals surface area (Å²) in [6.07, 6.45) is 4.01. The third kappa shape index (κ3) is 2.20. The molecule has 3 nitrogen and oxygen atoms in total. The fourth-order valence-corrected chi connectivity index (χ4v) is 3.84. The topological polar surface area (TPSA) is 39.2 Å². The van der Waals surface area contributed by atoms with Gasteiger partial charge in [-0.25, -0.2) is 0 Å². The smallest absolute Gasteiger partial charge is 0.308 e. The summed E-state index contributed by atoms with van der Waals surface area (Å²) >= 11 is 0. The molecule has 3 aromatic rings. The maximum Gasteiger partial charge on any atom is 0.308 e. The van der Waals surface area contributed by atoms with E-state index >= 15 is 0 Å². The predicted molar refractivity (Wildman–Crippen MR) is 95.2 cm³/mol. The number of carbonyl (C=O) groups excluding carboxylic acids is 1. The zero-order valence-corrected chi connectivity index (χ0v) is 13.9. The normalized spacial score (nSPS) is 15.2. The van der Waals surface area contributed by atoms with Crippen molar-refractivity contribution in [3.63, 3.8) is 0 Å². The summed E-state index contributed by atoms with van der Waals surface area (Å²) in [5.74, 6) is 0.637. The Labute approximate surface area is 141 Å². The summed E-state index contributed by atoms with van der Waals surface area (Å²) in [5.41, 5.74) is 5.94. The first-order valence-electron chi connectivity index (χ1n) is 8.40. The lowest BCUT2D eigenvalue weighted by Gasteiger charge is -2.15. The molecule has 0 aliphatic heterocycles. The van der Waals surface area contributed by atoms with Gasteiger partial charge in [0.15, 0.2) is 0 Å². The highest BCUT2D eigenvalue weighted by Gasteiger charge is 2.31. The lowest BCUT2D eigenvalue weighted by atomic mass is 9.91. The van der Waals surface area contributed by atoms with Crippen molar-refractivity contribution in [1.29, 1.82) is 0 Å². The first kappa shape index (κ1) is 14.9. The Bertz CT molecular complexity index is 946. The monoisotopic (exact) mass is 317 g/mol. The first-order valence-corrected chi connectivity index (χ1v) is 8.40. The van der Waals surface area contributed by atoms with E-state index in [4.69, 9.17) is 4.74 Å². The highest BCUT2D eigenvalue weighted by molar-refractivity contribution is 5.98. The minimum Gasteiger partial charge on any atom is -0.426 e. The average Bonchev–Trinajstić information content (AvgIpc) is 2.89. The molecule has 0 fully saturated rings. The molecule has 3 heteroatoms. The van der Waals surface area contributed by atoms with Crippen molar-refractivity contribution in [2.24, 2.45) is 0 Å². The maximum absolute atomic E-state index is 11.5. The standard InChI is InChI=1S/C21H19NO2/c1-3-7-16-14-8-4-5-9-15(14)18-12-19(24-13(2)23)17-10-6-11-22-21(17)20(16)18/h4-6,8-12,16H,3,7H2,1-2H3. The largest absolute Gasteiger partial charge is 0.426 e. The van der Waals surface area contributed by atoms with E-state index in [0.717, 1.165) is 29.3 Å². The van der Waals surface area contributed by atoms with Crippen molar-refractivity contribution in [3.05, 3.63) is 59.8 Å². The van der Waals surface area contributed by atoms with Crippen LogP contribution in [0.3, 0.4) is 0 Å². The van der Waals surface area contributed by atoms with Gasteiger partial charge >= 0.3 is 5.97 Å². The fourth-order valence-electron chi connectivity index (χ4n) is 3.84. The molecule has 0 amide bonds. The van der Waals surface area contributed by atoms with Crippen molar-refractivity contribution >= 4 is 16.9 Å². The second-order valence-electron chi connectivity index (χ2n) is 6.26. The second-order valence-corrected chi connectivity index (χ2v) is 6.26. The van der Waals surface area contributed by atoms with E-state index in [0.29, 0.717) is 11.7 Å². The third-order valence-electron chi connectivity index (χ3n) is 4.70. The molecule has 1 aliphatic carbocycles. The van der Waals surface area contributed by atoms with Crippen molar-refractivity contribution in [1.82, 2.24) is 4.98 Å². The molecular weight excluding hydrogens is 298 g/mol. The molecule has 2 aromatic carbocycles. The van der Waals surface area contributed by atoms with E-state index in [1.165, 1.54) is 23.6 Å². The summed E-state index contributed by atoms with van der Waals surface area (Å²) in [7, 11) is 0. The van der Waals surface area contributed by atoms with Crippen LogP contribution in [0.1, 0.15) is 43.7 Å². The number of nitrogens with zero attached hydrogens (tertiary/aromatic N) is 1. The van der Waals surface area contributed by atoms with Gasteiger partial charge in [0, 0.05) is 24.4 Å². The van der Waals surface area contributed by atoms with Gasteiger partial charge in [-0.15, -0.1) is 0 Å². The van der Waals surface area contributed by atoms with Crippen LogP contribution < -0.4 is 4.74 Å². The molecule has 1 heterocycles. The van der Waals surface area contributed by atoms with Gasteiger partial charge in [-0.1, -0.05) is 37.6 Å². The van der Waals surface area contributed by atoms with Crippen LogP contribution in [0.2, 0.25) is 0 Å². The van der Waals surface area contributed by atoms with E-state index in [-0.39, 0.29) is 5.97 Å². The van der Waals surface area contributed by atoms with Gasteiger partial charge in [-0.05, 0) is 46.9 Å². The molecule has 0 saturated heterocycles. The van der Waals surface area contributed by atoms with Gasteiger partial charge in [0.25, 0.3) is 0 Å². The molecule has 0 spiro atoms. The zero-order valence-electron chi connectivity index (χ0n) is 13.9. The van der Waals surface area contributed by atoms with E-state index in [1.54, 1.807) is 0 Å². The van der Waals surface area contributed by atoms with Gasteiger partial charge < -0.3 is 4.74 Å². The van der Waals surface area contributed by atoms with Crippen LogP contribution in [0.4, 0.5) is 0 Å². The Kier molecular flexibility index (Phi) is 3.57. The third-order valence-corrected chi connectivity index (χ3v) is 4.70. The predicted octanol–water partition coefficient (Wildman–Crippen LogP) is 5.07. The van der Waals surface area contributed by atoms with Crippen LogP contribution in [0.25, 0.3) is 22.0 Å². The van der Waals surface area contributed by atoms with E-state index in [1.807, 2.05) is 24.4 Å². The molecule has 1 aromatic heterocycles. The Balaban J connectivity index is 2.06. The highest BCUT2D eigenvalue weighted by atomic mass is 16.5. The summed E-state index contributed by atoms with van der Waals surface area (Å²) in [5, 5.41) is 0.903. The molecule has 120 valence electrons. The van der Waals surface area contributed by atoms with Crippen LogP contribution in [0.5, 0.6) is 5.75 Å². The molecule has 4 rings (SSSR count). The fraction of sp³-hybridized carbons (Fsp3) is 0.238. The van der Waals surface area contributed by atoms with Crippen LogP contribution in [-0.4, -0.2) is 11.0 Å². The number of hydrogen-bond acceptors (Lipinski definition) is 3. The number of esters is 1. The molecule has 0 N–H and O–H groups in total. The average molecular weight is 317 g/mol. The van der Waals surface area contributed by atoms with Crippen LogP contribution >= 0.6 is 0 Å². The van der Waals surface area contributed by atoms with Crippen molar-refractivity contribution in [2.45, 2.75) is 32.6 Å². The van der Waals surface area contributed by atoms with Crippen LogP contribution in [-0.2, 0) is 4.79 Å². The van der Waals surface area contributed by atoms with E-state index in [9.17, 15) is 4.79 Å². The highest BCUT2D eigenvalue weighted by Crippen LogP contribution is 2.51. The Hall–Kier alpha value is -2.68. The Morgan fingerprint density at radius 1 is 1.17 bits per heavy atom. The quantitative estimate of drug-likeness (QED) is 0.500. The van der Waals surface area contributed by atoms with Gasteiger partial charge in [-0.2, -0.15) is 0 Å². The summed E-state index contributed by atoms with van der Waals surface area (Å²) in [6, 6.07) is 14.4. The summed E-state index contributed by atoms with van der Waals surface area (Å²) < 4.78 is 5.48. The molecule has 24 heavy (non-hydrogen) atoms. The Morgan fingerprint density at radius 3 is 2.79 bits per heavy atom. The SMILES string of the molecule is CCCC1c2ccccc2-c2cc(OC(C)=O)c3cccnc3c21. The van der Waals surface area contributed by atoms with Crippen LogP contribution in [0.15, 0.2) is 48.7 Å². The van der Waals surface area contributed by atoms with Gasteiger partial charge in [-0.3, -0.25) is 9.78 Å². The number of carbonyl (C=O) groups is 1. The van der Waals surface area contributed by atoms with Gasteiger partial charge in [0.1, 0.15) is 5.75 Å². The molecule has 1 unspecified atom stereocenters. The van der Waals surface area contributed by atoms with Crippen molar-refractivity contribution in [2.75, 3.05) is 0 Å². The minimum absolute atomic E-state index is 0.309. The molecule has 0 saturated carbocycles. The maximum atomic E-state index is 11.5. The molecular formula is C21H19NO2. The van der Waals surface area contributed by atoms with Gasteiger partial charge in [0.2, 0.25) is 0 Å². The number of fused-ring (bicyclic) bond motifs is 5. The number of aromatic nitrogens is 1. The lowest BCUT2D eigenvalue weighted by Crippen LogP contribution is -2.04. The summed E-state index contributed by atoms with van der Waals surface area (Å²) in [6.45, 7) is 3.65. The number of ether oxygens (including phenoxy) is 1. The van der Waals surface area contributed by atoms with Crippen molar-refractivity contribution < 1.29 is 9.53 Å². The second kappa shape index (κ2) is 5.75. The lowest BCUT2D eigenvalue weighted by molar-refractivity contribution is -0.131. The van der Waals surface area contributed by atoms with Crippen LogP contribution in [0, 0.1) is 0 Å². The van der Waals surface area contributed by atoms with E-state index in [2.05, 4.69) is 36.2 Å². The summed E-state index contributed by atoms with van der Waals surface area (Å²) in [4.78, 5) is 16.2. The number of rotatable bonds is 3. The number of hydrogen-bond donors (Lipinski definition) is 0.